The molecule has 0 radical (unpaired) electrons. The molecule has 5 nitrogen and oxygen atoms in total. The standard InChI is InChI=1S/C15H17ClN2O3/c16-11-6-3-7-12(13(11)14(19)20)18-15(21)17-9-8-10-4-1-2-5-10/h3-4,6-7H,1-2,5,8-9H2,(H,19,20)(H2,17,18,21). The molecule has 0 saturated carbocycles. The van der Waals surface area contributed by atoms with Crippen LogP contribution in [0, 0.1) is 0 Å². The number of amides is 2. The van der Waals surface area contributed by atoms with Crippen molar-refractivity contribution in [1.29, 1.82) is 0 Å². The van der Waals surface area contributed by atoms with Crippen molar-refractivity contribution in [3.8, 4) is 0 Å². The number of benzene rings is 1. The van der Waals surface area contributed by atoms with Gasteiger partial charge in [0.2, 0.25) is 0 Å². The van der Waals surface area contributed by atoms with Crippen molar-refractivity contribution in [1.82, 2.24) is 5.32 Å². The fourth-order valence-corrected chi connectivity index (χ4v) is 2.57. The third kappa shape index (κ3) is 4.23. The molecule has 3 N–H and O–H groups in total. The zero-order valence-electron chi connectivity index (χ0n) is 11.5. The number of hydrogen-bond acceptors (Lipinski definition) is 2. The normalized spacial score (nSPS) is 13.7. The molecule has 0 fully saturated rings. The largest absolute Gasteiger partial charge is 0.478 e. The van der Waals surface area contributed by atoms with Crippen LogP contribution in [-0.2, 0) is 0 Å². The second kappa shape index (κ2) is 7.13. The van der Waals surface area contributed by atoms with Gasteiger partial charge in [-0.25, -0.2) is 9.59 Å². The first-order valence-electron chi connectivity index (χ1n) is 6.82. The molecule has 0 bridgehead atoms. The molecule has 6 heteroatoms. The van der Waals surface area contributed by atoms with E-state index in [1.807, 2.05) is 0 Å². The van der Waals surface area contributed by atoms with Gasteiger partial charge >= 0.3 is 12.0 Å². The number of carbonyl (C=O) groups excluding carboxylic acids is 1. The molecule has 0 unspecified atom stereocenters. The molecule has 1 aromatic carbocycles. The van der Waals surface area contributed by atoms with Gasteiger partial charge in [0.1, 0.15) is 5.56 Å². The van der Waals surface area contributed by atoms with E-state index < -0.39 is 12.0 Å². The number of rotatable bonds is 5. The summed E-state index contributed by atoms with van der Waals surface area (Å²) in [6.07, 6.45) is 6.44. The van der Waals surface area contributed by atoms with Crippen LogP contribution in [-0.4, -0.2) is 23.7 Å². The zero-order chi connectivity index (χ0) is 15.2. The predicted molar refractivity (Wildman–Crippen MR) is 82.0 cm³/mol. The fraction of sp³-hybridized carbons (Fsp3) is 0.333. The van der Waals surface area contributed by atoms with Crippen molar-refractivity contribution in [2.75, 3.05) is 11.9 Å². The number of nitrogens with one attached hydrogen (secondary N) is 2. The van der Waals surface area contributed by atoms with Gasteiger partial charge in [-0.05, 0) is 37.8 Å². The lowest BCUT2D eigenvalue weighted by Gasteiger charge is -2.11. The Kier molecular flexibility index (Phi) is 5.22. The Morgan fingerprint density at radius 3 is 2.81 bits per heavy atom. The third-order valence-corrected chi connectivity index (χ3v) is 3.66. The molecule has 0 atom stereocenters. The average Bonchev–Trinajstić information content (AvgIpc) is 2.91. The zero-order valence-corrected chi connectivity index (χ0v) is 12.2. The second-order valence-corrected chi connectivity index (χ2v) is 5.26. The van der Waals surface area contributed by atoms with E-state index in [1.165, 1.54) is 24.1 Å². The molecule has 0 heterocycles. The highest BCUT2D eigenvalue weighted by molar-refractivity contribution is 6.34. The van der Waals surface area contributed by atoms with E-state index in [4.69, 9.17) is 16.7 Å². The lowest BCUT2D eigenvalue weighted by molar-refractivity contribution is 0.0698. The summed E-state index contributed by atoms with van der Waals surface area (Å²) in [7, 11) is 0. The summed E-state index contributed by atoms with van der Waals surface area (Å²) in [6.45, 7) is 0.528. The first kappa shape index (κ1) is 15.4. The van der Waals surface area contributed by atoms with Crippen molar-refractivity contribution >= 4 is 29.3 Å². The van der Waals surface area contributed by atoms with Crippen molar-refractivity contribution in [3.63, 3.8) is 0 Å². The van der Waals surface area contributed by atoms with Gasteiger partial charge in [0.15, 0.2) is 0 Å². The fourth-order valence-electron chi connectivity index (χ4n) is 2.31. The maximum absolute atomic E-state index is 11.8. The second-order valence-electron chi connectivity index (χ2n) is 4.85. The SMILES string of the molecule is O=C(NCCC1=CCCC1)Nc1cccc(Cl)c1C(=O)O. The van der Waals surface area contributed by atoms with E-state index in [2.05, 4.69) is 16.7 Å². The number of allylic oxidation sites excluding steroid dienone is 1. The number of halogens is 1. The number of carboxylic acid groups (broad SMARTS) is 1. The molecule has 21 heavy (non-hydrogen) atoms. The number of urea groups is 1. The maximum Gasteiger partial charge on any atom is 0.339 e. The molecule has 1 aliphatic carbocycles. The Hall–Kier alpha value is -2.01. The van der Waals surface area contributed by atoms with Gasteiger partial charge in [0, 0.05) is 6.54 Å². The summed E-state index contributed by atoms with van der Waals surface area (Å²) >= 11 is 5.84. The smallest absolute Gasteiger partial charge is 0.339 e. The molecule has 2 rings (SSSR count). The number of anilines is 1. The monoisotopic (exact) mass is 308 g/mol. The van der Waals surface area contributed by atoms with Crippen LogP contribution < -0.4 is 10.6 Å². The highest BCUT2D eigenvalue weighted by Gasteiger charge is 2.16. The molecule has 112 valence electrons. The van der Waals surface area contributed by atoms with Crippen LogP contribution in [0.5, 0.6) is 0 Å². The molecule has 0 spiro atoms. The van der Waals surface area contributed by atoms with Crippen LogP contribution in [0.2, 0.25) is 5.02 Å². The number of aromatic carboxylic acids is 1. The number of carboxylic acids is 1. The van der Waals surface area contributed by atoms with Gasteiger partial charge in [-0.1, -0.05) is 29.3 Å². The average molecular weight is 309 g/mol. The molecular weight excluding hydrogens is 292 g/mol. The Morgan fingerprint density at radius 1 is 1.33 bits per heavy atom. The number of carbonyl (C=O) groups is 2. The molecular formula is C15H17ClN2O3. The van der Waals surface area contributed by atoms with Crippen LogP contribution in [0.15, 0.2) is 29.8 Å². The lowest BCUT2D eigenvalue weighted by Crippen LogP contribution is -2.30. The first-order valence-corrected chi connectivity index (χ1v) is 7.20. The van der Waals surface area contributed by atoms with E-state index in [-0.39, 0.29) is 16.3 Å². The summed E-state index contributed by atoms with van der Waals surface area (Å²) in [6, 6.07) is 4.14. The lowest BCUT2D eigenvalue weighted by atomic mass is 10.1. The van der Waals surface area contributed by atoms with Gasteiger partial charge in [-0.2, -0.15) is 0 Å². The van der Waals surface area contributed by atoms with E-state index in [9.17, 15) is 9.59 Å². The van der Waals surface area contributed by atoms with Crippen LogP contribution in [0.3, 0.4) is 0 Å². The summed E-state index contributed by atoms with van der Waals surface area (Å²) in [5.41, 5.74) is 1.45. The van der Waals surface area contributed by atoms with Crippen molar-refractivity contribution < 1.29 is 14.7 Å². The third-order valence-electron chi connectivity index (χ3n) is 3.34. The number of hydrogen-bond donors (Lipinski definition) is 3. The topological polar surface area (TPSA) is 78.4 Å². The van der Waals surface area contributed by atoms with E-state index in [0.29, 0.717) is 6.54 Å². The highest BCUT2D eigenvalue weighted by Crippen LogP contribution is 2.24. The van der Waals surface area contributed by atoms with Crippen LogP contribution in [0.1, 0.15) is 36.0 Å². The summed E-state index contributed by atoms with van der Waals surface area (Å²) in [5.74, 6) is -1.17. The minimum absolute atomic E-state index is 0.0939. The Bertz CT molecular complexity index is 584. The van der Waals surface area contributed by atoms with Crippen LogP contribution in [0.4, 0.5) is 10.5 Å². The van der Waals surface area contributed by atoms with Crippen molar-refractivity contribution in [3.05, 3.63) is 40.4 Å². The van der Waals surface area contributed by atoms with Gasteiger partial charge in [-0.15, -0.1) is 0 Å². The summed E-state index contributed by atoms with van der Waals surface area (Å²) in [4.78, 5) is 22.9. The maximum atomic E-state index is 11.8. The minimum Gasteiger partial charge on any atom is -0.478 e. The molecule has 0 aromatic heterocycles. The molecule has 0 saturated heterocycles. The quantitative estimate of drug-likeness (QED) is 0.726. The van der Waals surface area contributed by atoms with Crippen LogP contribution >= 0.6 is 11.6 Å². The van der Waals surface area contributed by atoms with E-state index in [0.717, 1.165) is 19.3 Å². The first-order chi connectivity index (χ1) is 10.1. The van der Waals surface area contributed by atoms with E-state index in [1.54, 1.807) is 6.07 Å². The molecule has 1 aliphatic rings. The van der Waals surface area contributed by atoms with Gasteiger partial charge < -0.3 is 15.7 Å². The van der Waals surface area contributed by atoms with Crippen molar-refractivity contribution in [2.24, 2.45) is 0 Å². The van der Waals surface area contributed by atoms with E-state index >= 15 is 0 Å². The van der Waals surface area contributed by atoms with Gasteiger partial charge in [-0.3, -0.25) is 0 Å². The van der Waals surface area contributed by atoms with Crippen molar-refractivity contribution in [2.45, 2.75) is 25.7 Å². The Labute approximate surface area is 128 Å². The minimum atomic E-state index is -1.17. The molecule has 2 amide bonds. The predicted octanol–water partition coefficient (Wildman–Crippen LogP) is 3.66. The Morgan fingerprint density at radius 2 is 2.14 bits per heavy atom. The summed E-state index contributed by atoms with van der Waals surface area (Å²) in [5, 5.41) is 14.4. The molecule has 0 aliphatic heterocycles. The van der Waals surface area contributed by atoms with Gasteiger partial charge in [0.05, 0.1) is 10.7 Å². The van der Waals surface area contributed by atoms with Crippen LogP contribution in [0.25, 0.3) is 0 Å². The summed E-state index contributed by atoms with van der Waals surface area (Å²) < 4.78 is 0. The highest BCUT2D eigenvalue weighted by atomic mass is 35.5. The Balaban J connectivity index is 1.90. The van der Waals surface area contributed by atoms with Gasteiger partial charge in [0.25, 0.3) is 0 Å². The molecule has 1 aromatic rings.